The second-order valence-corrected chi connectivity index (χ2v) is 10.3. The summed E-state index contributed by atoms with van der Waals surface area (Å²) in [4.78, 5) is 0. The fourth-order valence-corrected chi connectivity index (χ4v) is 4.74. The Labute approximate surface area is 231 Å². The quantitative estimate of drug-likeness (QED) is 0.109. The van der Waals surface area contributed by atoms with Crippen LogP contribution in [0, 0.1) is 0 Å². The molecule has 0 aliphatic carbocycles. The van der Waals surface area contributed by atoms with Crippen LogP contribution in [0.1, 0.15) is 105 Å². The van der Waals surface area contributed by atoms with E-state index in [9.17, 15) is 0 Å². The lowest BCUT2D eigenvalue weighted by atomic mass is 9.99. The Bertz CT molecular complexity index is 1000. The van der Waals surface area contributed by atoms with Gasteiger partial charge in [-0.1, -0.05) is 79.1 Å². The molecular formula is C34H50O4. The first-order valence-electron chi connectivity index (χ1n) is 15.3. The molecule has 0 aliphatic rings. The lowest BCUT2D eigenvalue weighted by Gasteiger charge is -2.19. The van der Waals surface area contributed by atoms with E-state index >= 15 is 0 Å². The maximum absolute atomic E-state index is 6.53. The van der Waals surface area contributed by atoms with Crippen LogP contribution in [-0.4, -0.2) is 26.4 Å². The molecule has 0 aromatic heterocycles. The zero-order valence-electron chi connectivity index (χ0n) is 24.4. The van der Waals surface area contributed by atoms with Crippen molar-refractivity contribution in [2.24, 2.45) is 0 Å². The van der Waals surface area contributed by atoms with Gasteiger partial charge in [0.2, 0.25) is 0 Å². The van der Waals surface area contributed by atoms with E-state index in [1.807, 2.05) is 0 Å². The monoisotopic (exact) mass is 522 g/mol. The van der Waals surface area contributed by atoms with E-state index in [2.05, 4.69) is 64.1 Å². The Hall–Kier alpha value is -2.62. The van der Waals surface area contributed by atoms with Gasteiger partial charge in [0.25, 0.3) is 0 Å². The zero-order chi connectivity index (χ0) is 27.0. The summed E-state index contributed by atoms with van der Waals surface area (Å²) >= 11 is 0. The highest BCUT2D eigenvalue weighted by Crippen LogP contribution is 2.45. The van der Waals surface area contributed by atoms with Crippen LogP contribution in [-0.2, 0) is 0 Å². The van der Waals surface area contributed by atoms with Crippen LogP contribution >= 0.6 is 0 Å². The van der Waals surface area contributed by atoms with Crippen LogP contribution in [0.2, 0.25) is 0 Å². The maximum atomic E-state index is 6.53. The van der Waals surface area contributed by atoms with Crippen LogP contribution in [0.25, 0.3) is 21.5 Å². The predicted octanol–water partition coefficient (Wildman–Crippen LogP) is 10.3. The zero-order valence-corrected chi connectivity index (χ0v) is 24.4. The molecule has 210 valence electrons. The summed E-state index contributed by atoms with van der Waals surface area (Å²) in [5.41, 5.74) is 0. The molecule has 0 atom stereocenters. The predicted molar refractivity (Wildman–Crippen MR) is 162 cm³/mol. The van der Waals surface area contributed by atoms with E-state index in [0.717, 1.165) is 96.3 Å². The Kier molecular flexibility index (Phi) is 13.4. The SMILES string of the molecule is CCCCCOc1ccc2c(OCCCCC)c3cc(OCCCCC)ccc3c(OCCCCC)c2c1. The molecule has 3 aromatic carbocycles. The van der Waals surface area contributed by atoms with E-state index in [1.54, 1.807) is 0 Å². The summed E-state index contributed by atoms with van der Waals surface area (Å²) in [6.45, 7) is 11.7. The van der Waals surface area contributed by atoms with Crippen LogP contribution in [0.5, 0.6) is 23.0 Å². The van der Waals surface area contributed by atoms with E-state index in [0.29, 0.717) is 13.2 Å². The normalized spacial score (nSPS) is 11.3. The van der Waals surface area contributed by atoms with Crippen molar-refractivity contribution < 1.29 is 18.9 Å². The van der Waals surface area contributed by atoms with Crippen molar-refractivity contribution >= 4 is 21.5 Å². The average molecular weight is 523 g/mol. The van der Waals surface area contributed by atoms with Crippen molar-refractivity contribution in [3.8, 4) is 23.0 Å². The van der Waals surface area contributed by atoms with E-state index in [4.69, 9.17) is 18.9 Å². The molecule has 0 spiro atoms. The smallest absolute Gasteiger partial charge is 0.135 e. The summed E-state index contributed by atoms with van der Waals surface area (Å²) in [6, 6.07) is 12.7. The lowest BCUT2D eigenvalue weighted by Crippen LogP contribution is -2.03. The Morgan fingerprint density at radius 1 is 0.395 bits per heavy atom. The Morgan fingerprint density at radius 2 is 0.737 bits per heavy atom. The van der Waals surface area contributed by atoms with Gasteiger partial charge >= 0.3 is 0 Å². The van der Waals surface area contributed by atoms with Crippen molar-refractivity contribution in [1.82, 2.24) is 0 Å². The molecule has 4 nitrogen and oxygen atoms in total. The van der Waals surface area contributed by atoms with Gasteiger partial charge in [0.1, 0.15) is 23.0 Å². The number of benzene rings is 3. The number of ether oxygens (including phenoxy) is 4. The van der Waals surface area contributed by atoms with Crippen molar-refractivity contribution in [3.63, 3.8) is 0 Å². The second-order valence-electron chi connectivity index (χ2n) is 10.3. The van der Waals surface area contributed by atoms with E-state index in [-0.39, 0.29) is 0 Å². The Balaban J connectivity index is 2.06. The number of fused-ring (bicyclic) bond motifs is 2. The summed E-state index contributed by atoms with van der Waals surface area (Å²) in [6.07, 6.45) is 13.6. The van der Waals surface area contributed by atoms with Gasteiger partial charge in [-0.3, -0.25) is 0 Å². The van der Waals surface area contributed by atoms with Gasteiger partial charge in [-0.05, 0) is 62.1 Å². The molecule has 0 N–H and O–H groups in total. The molecule has 3 rings (SSSR count). The second kappa shape index (κ2) is 17.1. The maximum Gasteiger partial charge on any atom is 0.135 e. The Morgan fingerprint density at radius 3 is 1.08 bits per heavy atom. The topological polar surface area (TPSA) is 36.9 Å². The highest BCUT2D eigenvalue weighted by molar-refractivity contribution is 6.11. The molecule has 0 radical (unpaired) electrons. The van der Waals surface area contributed by atoms with Crippen LogP contribution < -0.4 is 18.9 Å². The van der Waals surface area contributed by atoms with E-state index < -0.39 is 0 Å². The molecule has 0 amide bonds. The minimum atomic E-state index is 0.700. The summed E-state index contributed by atoms with van der Waals surface area (Å²) in [5, 5.41) is 4.26. The third-order valence-corrected chi connectivity index (χ3v) is 6.98. The standard InChI is InChI=1S/C34H50O4/c1-5-9-13-21-35-27-17-19-29-31(25-27)33(37-23-15-11-7-3)30-20-18-28(36-22-14-10-6-2)26-32(30)34(29)38-24-16-12-8-4/h17-20,25-26H,5-16,21-24H2,1-4H3. The molecule has 0 heterocycles. The first kappa shape index (κ1) is 29.9. The minimum absolute atomic E-state index is 0.700. The molecule has 0 aliphatic heterocycles. The van der Waals surface area contributed by atoms with Gasteiger partial charge in [0, 0.05) is 21.5 Å². The first-order valence-corrected chi connectivity index (χ1v) is 15.3. The minimum Gasteiger partial charge on any atom is -0.494 e. The van der Waals surface area contributed by atoms with Gasteiger partial charge in [0.05, 0.1) is 26.4 Å². The first-order chi connectivity index (χ1) is 18.7. The molecule has 0 unspecified atom stereocenters. The van der Waals surface area contributed by atoms with Crippen LogP contribution in [0.4, 0.5) is 0 Å². The largest absolute Gasteiger partial charge is 0.494 e. The fourth-order valence-electron chi connectivity index (χ4n) is 4.74. The molecule has 0 bridgehead atoms. The fraction of sp³-hybridized carbons (Fsp3) is 0.588. The van der Waals surface area contributed by atoms with Crippen LogP contribution in [0.3, 0.4) is 0 Å². The molecule has 0 saturated heterocycles. The van der Waals surface area contributed by atoms with Gasteiger partial charge in [-0.25, -0.2) is 0 Å². The molecule has 0 fully saturated rings. The summed E-state index contributed by atoms with van der Waals surface area (Å²) in [5.74, 6) is 3.62. The molecule has 4 heteroatoms. The number of rotatable bonds is 20. The number of unbranched alkanes of at least 4 members (excludes halogenated alkanes) is 8. The highest BCUT2D eigenvalue weighted by atomic mass is 16.5. The van der Waals surface area contributed by atoms with Gasteiger partial charge in [-0.2, -0.15) is 0 Å². The summed E-state index contributed by atoms with van der Waals surface area (Å²) in [7, 11) is 0. The van der Waals surface area contributed by atoms with Crippen molar-refractivity contribution in [1.29, 1.82) is 0 Å². The summed E-state index contributed by atoms with van der Waals surface area (Å²) < 4.78 is 25.4. The van der Waals surface area contributed by atoms with Gasteiger partial charge in [0.15, 0.2) is 0 Å². The molecule has 3 aromatic rings. The van der Waals surface area contributed by atoms with Gasteiger partial charge < -0.3 is 18.9 Å². The van der Waals surface area contributed by atoms with Crippen molar-refractivity contribution in [2.45, 2.75) is 105 Å². The average Bonchev–Trinajstić information content (AvgIpc) is 2.94. The molecular weight excluding hydrogens is 472 g/mol. The van der Waals surface area contributed by atoms with Crippen molar-refractivity contribution in [3.05, 3.63) is 36.4 Å². The molecule has 0 saturated carbocycles. The molecule has 38 heavy (non-hydrogen) atoms. The van der Waals surface area contributed by atoms with Crippen LogP contribution in [0.15, 0.2) is 36.4 Å². The lowest BCUT2D eigenvalue weighted by molar-refractivity contribution is 0.302. The van der Waals surface area contributed by atoms with E-state index in [1.165, 1.54) is 38.5 Å². The van der Waals surface area contributed by atoms with Crippen molar-refractivity contribution in [2.75, 3.05) is 26.4 Å². The van der Waals surface area contributed by atoms with Gasteiger partial charge in [-0.15, -0.1) is 0 Å². The third-order valence-electron chi connectivity index (χ3n) is 6.98. The third kappa shape index (κ3) is 8.71. The number of hydrogen-bond donors (Lipinski definition) is 0. The number of hydrogen-bond acceptors (Lipinski definition) is 4. The highest BCUT2D eigenvalue weighted by Gasteiger charge is 2.18.